The standard InChI is InChI=1S/C17H25N3O2/c1-14-3-4-16(11-18-14)17(21)20-7-2-6-19(8-9-20)12-15-5-10-22-13-15/h3-4,11,15H,2,5-10,12-13H2,1H3. The highest BCUT2D eigenvalue weighted by Crippen LogP contribution is 2.16. The van der Waals surface area contributed by atoms with Crippen LogP contribution < -0.4 is 0 Å². The van der Waals surface area contributed by atoms with E-state index in [1.54, 1.807) is 6.20 Å². The Hall–Kier alpha value is -1.46. The molecule has 0 saturated carbocycles. The number of nitrogens with zero attached hydrogens (tertiary/aromatic N) is 3. The van der Waals surface area contributed by atoms with E-state index in [-0.39, 0.29) is 5.91 Å². The van der Waals surface area contributed by atoms with Crippen LogP contribution in [-0.4, -0.2) is 66.6 Å². The first-order chi connectivity index (χ1) is 10.7. The Morgan fingerprint density at radius 3 is 2.95 bits per heavy atom. The van der Waals surface area contributed by atoms with E-state index in [0.29, 0.717) is 11.5 Å². The minimum Gasteiger partial charge on any atom is -0.381 e. The van der Waals surface area contributed by atoms with Crippen molar-refractivity contribution in [2.75, 3.05) is 45.9 Å². The van der Waals surface area contributed by atoms with E-state index >= 15 is 0 Å². The van der Waals surface area contributed by atoms with E-state index in [1.165, 1.54) is 6.42 Å². The Morgan fingerprint density at radius 2 is 2.23 bits per heavy atom. The van der Waals surface area contributed by atoms with E-state index in [9.17, 15) is 4.79 Å². The Balaban J connectivity index is 1.55. The molecular weight excluding hydrogens is 278 g/mol. The van der Waals surface area contributed by atoms with Crippen LogP contribution in [0.4, 0.5) is 0 Å². The Kier molecular flexibility index (Phi) is 5.05. The second-order valence-corrected chi connectivity index (χ2v) is 6.36. The quantitative estimate of drug-likeness (QED) is 0.850. The lowest BCUT2D eigenvalue weighted by molar-refractivity contribution is 0.0759. The van der Waals surface area contributed by atoms with Crippen molar-refractivity contribution >= 4 is 5.91 Å². The summed E-state index contributed by atoms with van der Waals surface area (Å²) >= 11 is 0. The molecule has 1 aromatic heterocycles. The van der Waals surface area contributed by atoms with Gasteiger partial charge in [-0.1, -0.05) is 0 Å². The molecule has 0 aromatic carbocycles. The molecule has 0 aliphatic carbocycles. The van der Waals surface area contributed by atoms with Crippen molar-refractivity contribution in [3.63, 3.8) is 0 Å². The lowest BCUT2D eigenvalue weighted by Gasteiger charge is -2.23. The van der Waals surface area contributed by atoms with Crippen LogP contribution in [0.1, 0.15) is 28.9 Å². The third kappa shape index (κ3) is 3.84. The minimum atomic E-state index is 0.110. The third-order valence-electron chi connectivity index (χ3n) is 4.57. The maximum Gasteiger partial charge on any atom is 0.255 e. The average Bonchev–Trinajstić information content (AvgIpc) is 2.92. The zero-order valence-corrected chi connectivity index (χ0v) is 13.3. The van der Waals surface area contributed by atoms with Gasteiger partial charge in [-0.05, 0) is 44.4 Å². The zero-order valence-electron chi connectivity index (χ0n) is 13.3. The van der Waals surface area contributed by atoms with Crippen LogP contribution in [0.25, 0.3) is 0 Å². The molecule has 2 aliphatic heterocycles. The second kappa shape index (κ2) is 7.20. The van der Waals surface area contributed by atoms with Gasteiger partial charge in [-0.15, -0.1) is 0 Å². The van der Waals surface area contributed by atoms with Gasteiger partial charge in [-0.25, -0.2) is 0 Å². The molecule has 0 N–H and O–H groups in total. The number of hydrogen-bond donors (Lipinski definition) is 0. The van der Waals surface area contributed by atoms with E-state index in [4.69, 9.17) is 4.74 Å². The fraction of sp³-hybridized carbons (Fsp3) is 0.647. The van der Waals surface area contributed by atoms with Crippen molar-refractivity contribution in [3.05, 3.63) is 29.6 Å². The van der Waals surface area contributed by atoms with Gasteiger partial charge < -0.3 is 14.5 Å². The number of hydrogen-bond acceptors (Lipinski definition) is 4. The molecule has 3 heterocycles. The molecule has 1 aromatic rings. The summed E-state index contributed by atoms with van der Waals surface area (Å²) < 4.78 is 5.46. The summed E-state index contributed by atoms with van der Waals surface area (Å²) in [4.78, 5) is 21.2. The molecule has 1 amide bonds. The first-order valence-electron chi connectivity index (χ1n) is 8.24. The van der Waals surface area contributed by atoms with Gasteiger partial charge >= 0.3 is 0 Å². The molecule has 1 unspecified atom stereocenters. The molecule has 5 heteroatoms. The van der Waals surface area contributed by atoms with E-state index in [1.807, 2.05) is 24.0 Å². The van der Waals surface area contributed by atoms with Crippen LogP contribution in [0.2, 0.25) is 0 Å². The average molecular weight is 303 g/mol. The molecule has 0 bridgehead atoms. The van der Waals surface area contributed by atoms with Crippen molar-refractivity contribution in [1.29, 1.82) is 0 Å². The SMILES string of the molecule is Cc1ccc(C(=O)N2CCCN(CC3CCOC3)CC2)cn1. The summed E-state index contributed by atoms with van der Waals surface area (Å²) in [6.45, 7) is 8.52. The number of aryl methyl sites for hydroxylation is 1. The third-order valence-corrected chi connectivity index (χ3v) is 4.57. The van der Waals surface area contributed by atoms with Crippen molar-refractivity contribution in [2.24, 2.45) is 5.92 Å². The number of carbonyl (C=O) groups excluding carboxylic acids is 1. The smallest absolute Gasteiger partial charge is 0.255 e. The number of carbonyl (C=O) groups is 1. The summed E-state index contributed by atoms with van der Waals surface area (Å²) in [5, 5.41) is 0. The first-order valence-corrected chi connectivity index (χ1v) is 8.24. The fourth-order valence-corrected chi connectivity index (χ4v) is 3.23. The van der Waals surface area contributed by atoms with Crippen molar-refractivity contribution in [1.82, 2.24) is 14.8 Å². The fourth-order valence-electron chi connectivity index (χ4n) is 3.23. The molecule has 22 heavy (non-hydrogen) atoms. The number of pyridine rings is 1. The summed E-state index contributed by atoms with van der Waals surface area (Å²) in [5.74, 6) is 0.780. The molecule has 0 spiro atoms. The van der Waals surface area contributed by atoms with Gasteiger partial charge in [-0.2, -0.15) is 0 Å². The lowest BCUT2D eigenvalue weighted by Crippen LogP contribution is -2.36. The Bertz CT molecular complexity index is 497. The highest BCUT2D eigenvalue weighted by atomic mass is 16.5. The summed E-state index contributed by atoms with van der Waals surface area (Å²) in [7, 11) is 0. The maximum absolute atomic E-state index is 12.6. The molecule has 2 aliphatic rings. The molecule has 0 radical (unpaired) electrons. The molecule has 2 saturated heterocycles. The van der Waals surface area contributed by atoms with Gasteiger partial charge in [0.05, 0.1) is 12.2 Å². The second-order valence-electron chi connectivity index (χ2n) is 6.36. The number of ether oxygens (including phenoxy) is 1. The van der Waals surface area contributed by atoms with E-state index in [0.717, 1.165) is 58.1 Å². The van der Waals surface area contributed by atoms with Crippen LogP contribution in [0.5, 0.6) is 0 Å². The molecule has 3 rings (SSSR count). The van der Waals surface area contributed by atoms with E-state index < -0.39 is 0 Å². The van der Waals surface area contributed by atoms with Crippen LogP contribution >= 0.6 is 0 Å². The molecule has 120 valence electrons. The maximum atomic E-state index is 12.6. The predicted octanol–water partition coefficient (Wildman–Crippen LogP) is 1.57. The van der Waals surface area contributed by atoms with Gasteiger partial charge in [-0.3, -0.25) is 9.78 Å². The number of rotatable bonds is 3. The van der Waals surface area contributed by atoms with Crippen LogP contribution in [0, 0.1) is 12.8 Å². The van der Waals surface area contributed by atoms with Crippen LogP contribution in [0.3, 0.4) is 0 Å². The van der Waals surface area contributed by atoms with Crippen LogP contribution in [0.15, 0.2) is 18.3 Å². The first kappa shape index (κ1) is 15.4. The Labute approximate surface area is 132 Å². The van der Waals surface area contributed by atoms with Gasteiger partial charge in [0.25, 0.3) is 5.91 Å². The van der Waals surface area contributed by atoms with Crippen molar-refractivity contribution in [2.45, 2.75) is 19.8 Å². The topological polar surface area (TPSA) is 45.7 Å². The summed E-state index contributed by atoms with van der Waals surface area (Å²) in [6.07, 6.45) is 3.91. The molecular formula is C17H25N3O2. The largest absolute Gasteiger partial charge is 0.381 e. The minimum absolute atomic E-state index is 0.110. The molecule has 5 nitrogen and oxygen atoms in total. The normalized spacial score (nSPS) is 23.5. The summed E-state index contributed by atoms with van der Waals surface area (Å²) in [5.41, 5.74) is 1.64. The monoisotopic (exact) mass is 303 g/mol. The lowest BCUT2D eigenvalue weighted by atomic mass is 10.1. The predicted molar refractivity (Wildman–Crippen MR) is 84.9 cm³/mol. The van der Waals surface area contributed by atoms with Crippen molar-refractivity contribution in [3.8, 4) is 0 Å². The highest BCUT2D eigenvalue weighted by Gasteiger charge is 2.23. The van der Waals surface area contributed by atoms with Crippen molar-refractivity contribution < 1.29 is 9.53 Å². The zero-order chi connectivity index (χ0) is 15.4. The van der Waals surface area contributed by atoms with Gasteiger partial charge in [0.1, 0.15) is 0 Å². The summed E-state index contributed by atoms with van der Waals surface area (Å²) in [6, 6.07) is 3.78. The number of aromatic nitrogens is 1. The van der Waals surface area contributed by atoms with Gasteiger partial charge in [0, 0.05) is 44.7 Å². The van der Waals surface area contributed by atoms with E-state index in [2.05, 4.69) is 9.88 Å². The highest BCUT2D eigenvalue weighted by molar-refractivity contribution is 5.93. The Morgan fingerprint density at radius 1 is 1.32 bits per heavy atom. The molecule has 2 fully saturated rings. The number of amides is 1. The van der Waals surface area contributed by atoms with Gasteiger partial charge in [0.15, 0.2) is 0 Å². The van der Waals surface area contributed by atoms with Crippen LogP contribution in [-0.2, 0) is 4.74 Å². The van der Waals surface area contributed by atoms with Gasteiger partial charge in [0.2, 0.25) is 0 Å². The molecule has 1 atom stereocenters.